The first kappa shape index (κ1) is 15.4. The molecule has 0 spiro atoms. The van der Waals surface area contributed by atoms with E-state index in [-0.39, 0.29) is 0 Å². The van der Waals surface area contributed by atoms with Gasteiger partial charge in [0.25, 0.3) is 0 Å². The fourth-order valence-corrected chi connectivity index (χ4v) is 1.71. The van der Waals surface area contributed by atoms with Crippen LogP contribution in [0.3, 0.4) is 0 Å². The summed E-state index contributed by atoms with van der Waals surface area (Å²) in [5.41, 5.74) is 5.45. The lowest BCUT2D eigenvalue weighted by molar-refractivity contribution is -0.131. The smallest absolute Gasteiger partial charge is 0.222 e. The van der Waals surface area contributed by atoms with E-state index in [0.717, 1.165) is 58.2 Å². The first-order valence-corrected chi connectivity index (χ1v) is 6.74. The Morgan fingerprint density at radius 3 is 2.25 bits per heavy atom. The molecule has 0 heterocycles. The van der Waals surface area contributed by atoms with Gasteiger partial charge in [0.2, 0.25) is 5.91 Å². The van der Waals surface area contributed by atoms with Crippen LogP contribution in [0.15, 0.2) is 0 Å². The molecule has 0 saturated heterocycles. The molecule has 3 heteroatoms. The first-order valence-electron chi connectivity index (χ1n) is 6.74. The number of nitrogens with zero attached hydrogens (tertiary/aromatic N) is 1. The molecule has 16 heavy (non-hydrogen) atoms. The Labute approximate surface area is 100 Å². The molecule has 0 aliphatic rings. The Morgan fingerprint density at radius 1 is 1.00 bits per heavy atom. The van der Waals surface area contributed by atoms with Crippen LogP contribution in [0.5, 0.6) is 0 Å². The van der Waals surface area contributed by atoms with Crippen LogP contribution in [0, 0.1) is 0 Å². The van der Waals surface area contributed by atoms with Crippen molar-refractivity contribution in [2.75, 3.05) is 19.6 Å². The third-order valence-electron chi connectivity index (χ3n) is 2.73. The highest BCUT2D eigenvalue weighted by Gasteiger charge is 2.10. The predicted molar refractivity (Wildman–Crippen MR) is 69.3 cm³/mol. The van der Waals surface area contributed by atoms with Crippen LogP contribution in [0.25, 0.3) is 0 Å². The summed E-state index contributed by atoms with van der Waals surface area (Å²) in [6.45, 7) is 6.83. The summed E-state index contributed by atoms with van der Waals surface area (Å²) in [4.78, 5) is 13.8. The summed E-state index contributed by atoms with van der Waals surface area (Å²) in [7, 11) is 0. The van der Waals surface area contributed by atoms with E-state index in [9.17, 15) is 4.79 Å². The van der Waals surface area contributed by atoms with Gasteiger partial charge in [0, 0.05) is 19.5 Å². The van der Waals surface area contributed by atoms with Gasteiger partial charge >= 0.3 is 0 Å². The zero-order valence-corrected chi connectivity index (χ0v) is 11.0. The minimum Gasteiger partial charge on any atom is -0.343 e. The minimum atomic E-state index is 0.323. The zero-order valence-electron chi connectivity index (χ0n) is 11.0. The second kappa shape index (κ2) is 10.9. The van der Waals surface area contributed by atoms with Crippen molar-refractivity contribution in [1.29, 1.82) is 0 Å². The fraction of sp³-hybridized carbons (Fsp3) is 0.923. The predicted octanol–water partition coefficient (Wildman–Crippen LogP) is 2.54. The fourth-order valence-electron chi connectivity index (χ4n) is 1.71. The minimum absolute atomic E-state index is 0.323. The standard InChI is InChI=1S/C13H28N2O/c1-3-5-11-15(13(16)9-4-2)12-8-6-7-10-14/h3-12,14H2,1-2H3. The quantitative estimate of drug-likeness (QED) is 0.584. The second-order valence-electron chi connectivity index (χ2n) is 4.33. The van der Waals surface area contributed by atoms with Crippen LogP contribution >= 0.6 is 0 Å². The third kappa shape index (κ3) is 7.69. The zero-order chi connectivity index (χ0) is 12.2. The Balaban J connectivity index is 3.84. The number of amides is 1. The van der Waals surface area contributed by atoms with Crippen molar-refractivity contribution in [3.05, 3.63) is 0 Å². The normalized spacial score (nSPS) is 10.4. The van der Waals surface area contributed by atoms with Gasteiger partial charge in [0.15, 0.2) is 0 Å². The Kier molecular flexibility index (Phi) is 10.5. The van der Waals surface area contributed by atoms with Gasteiger partial charge in [-0.25, -0.2) is 0 Å². The van der Waals surface area contributed by atoms with Crippen molar-refractivity contribution in [3.8, 4) is 0 Å². The summed E-state index contributed by atoms with van der Waals surface area (Å²) in [5, 5.41) is 0. The summed E-state index contributed by atoms with van der Waals surface area (Å²) in [6, 6.07) is 0. The molecule has 0 rings (SSSR count). The molecule has 0 aromatic rings. The van der Waals surface area contributed by atoms with E-state index in [2.05, 4.69) is 13.8 Å². The summed E-state index contributed by atoms with van der Waals surface area (Å²) < 4.78 is 0. The number of unbranched alkanes of at least 4 members (excludes halogenated alkanes) is 3. The van der Waals surface area contributed by atoms with Crippen LogP contribution in [-0.4, -0.2) is 30.4 Å². The average Bonchev–Trinajstić information content (AvgIpc) is 2.28. The molecule has 1 amide bonds. The number of carbonyl (C=O) groups is 1. The van der Waals surface area contributed by atoms with E-state index in [1.54, 1.807) is 0 Å². The number of nitrogens with two attached hydrogens (primary N) is 1. The van der Waals surface area contributed by atoms with E-state index in [4.69, 9.17) is 5.73 Å². The summed E-state index contributed by atoms with van der Waals surface area (Å²) in [5.74, 6) is 0.323. The molecule has 2 N–H and O–H groups in total. The van der Waals surface area contributed by atoms with Crippen molar-refractivity contribution in [2.45, 2.75) is 58.8 Å². The number of hydrogen-bond donors (Lipinski definition) is 1. The maximum atomic E-state index is 11.8. The molecule has 0 bridgehead atoms. The second-order valence-corrected chi connectivity index (χ2v) is 4.33. The highest BCUT2D eigenvalue weighted by atomic mass is 16.2. The molecule has 0 aromatic carbocycles. The van der Waals surface area contributed by atoms with Crippen molar-refractivity contribution in [3.63, 3.8) is 0 Å². The van der Waals surface area contributed by atoms with Gasteiger partial charge in [0.05, 0.1) is 0 Å². The lowest BCUT2D eigenvalue weighted by Gasteiger charge is -2.22. The Bertz CT molecular complexity index is 171. The summed E-state index contributed by atoms with van der Waals surface area (Å²) in [6.07, 6.45) is 7.22. The van der Waals surface area contributed by atoms with Gasteiger partial charge in [-0.3, -0.25) is 4.79 Å². The third-order valence-corrected chi connectivity index (χ3v) is 2.73. The molecule has 0 atom stereocenters. The largest absolute Gasteiger partial charge is 0.343 e. The van der Waals surface area contributed by atoms with Crippen molar-refractivity contribution in [1.82, 2.24) is 4.90 Å². The summed E-state index contributed by atoms with van der Waals surface area (Å²) >= 11 is 0. The molecule has 0 aromatic heterocycles. The molecule has 0 saturated carbocycles. The molecule has 0 radical (unpaired) electrons. The van der Waals surface area contributed by atoms with Gasteiger partial charge in [-0.15, -0.1) is 0 Å². The molecule has 0 unspecified atom stereocenters. The number of carbonyl (C=O) groups excluding carboxylic acids is 1. The number of rotatable bonds is 10. The van der Waals surface area contributed by atoms with Crippen LogP contribution in [-0.2, 0) is 4.79 Å². The van der Waals surface area contributed by atoms with E-state index < -0.39 is 0 Å². The highest BCUT2D eigenvalue weighted by molar-refractivity contribution is 5.76. The molecular formula is C13H28N2O. The van der Waals surface area contributed by atoms with Gasteiger partial charge < -0.3 is 10.6 Å². The van der Waals surface area contributed by atoms with Gasteiger partial charge in [0.1, 0.15) is 0 Å². The van der Waals surface area contributed by atoms with E-state index in [1.165, 1.54) is 0 Å². The SMILES string of the molecule is CCCCN(CCCCCN)C(=O)CCC. The van der Waals surface area contributed by atoms with Gasteiger partial charge in [-0.05, 0) is 32.2 Å². The first-order chi connectivity index (χ1) is 7.76. The van der Waals surface area contributed by atoms with Gasteiger partial charge in [-0.1, -0.05) is 26.7 Å². The maximum Gasteiger partial charge on any atom is 0.222 e. The maximum absolute atomic E-state index is 11.8. The van der Waals surface area contributed by atoms with Crippen molar-refractivity contribution >= 4 is 5.91 Å². The van der Waals surface area contributed by atoms with Crippen LogP contribution < -0.4 is 5.73 Å². The monoisotopic (exact) mass is 228 g/mol. The lowest BCUT2D eigenvalue weighted by atomic mass is 10.2. The number of hydrogen-bond acceptors (Lipinski definition) is 2. The van der Waals surface area contributed by atoms with E-state index >= 15 is 0 Å². The Hall–Kier alpha value is -0.570. The van der Waals surface area contributed by atoms with E-state index in [0.29, 0.717) is 12.3 Å². The van der Waals surface area contributed by atoms with Crippen LogP contribution in [0.2, 0.25) is 0 Å². The molecule has 0 aliphatic carbocycles. The molecule has 3 nitrogen and oxygen atoms in total. The molecule has 96 valence electrons. The van der Waals surface area contributed by atoms with Gasteiger partial charge in [-0.2, -0.15) is 0 Å². The van der Waals surface area contributed by atoms with Crippen molar-refractivity contribution < 1.29 is 4.79 Å². The van der Waals surface area contributed by atoms with Crippen LogP contribution in [0.4, 0.5) is 0 Å². The topological polar surface area (TPSA) is 46.3 Å². The van der Waals surface area contributed by atoms with Crippen molar-refractivity contribution in [2.24, 2.45) is 5.73 Å². The Morgan fingerprint density at radius 2 is 1.69 bits per heavy atom. The van der Waals surface area contributed by atoms with Crippen LogP contribution in [0.1, 0.15) is 58.8 Å². The molecule has 0 fully saturated rings. The highest BCUT2D eigenvalue weighted by Crippen LogP contribution is 2.04. The molecular weight excluding hydrogens is 200 g/mol. The lowest BCUT2D eigenvalue weighted by Crippen LogP contribution is -2.32. The average molecular weight is 228 g/mol. The van der Waals surface area contributed by atoms with E-state index in [1.807, 2.05) is 4.90 Å². The molecule has 0 aliphatic heterocycles.